The minimum atomic E-state index is 0.855. The number of hydrogen-bond donors (Lipinski definition) is 1. The van der Waals surface area contributed by atoms with E-state index in [4.69, 9.17) is 0 Å². The highest BCUT2D eigenvalue weighted by Gasteiger charge is 2.47. The Bertz CT molecular complexity index is 250. The Morgan fingerprint density at radius 3 is 1.85 bits per heavy atom. The molecule has 1 heteroatoms. The van der Waals surface area contributed by atoms with Crippen molar-refractivity contribution in [3.8, 4) is 0 Å². The van der Waals surface area contributed by atoms with Gasteiger partial charge in [-0.05, 0) is 43.6 Å². The number of rotatable bonds is 4. The standard InChI is InChI=1S/C19H37N/c1-3-15-20-19-16(4-2)17-13-11-9-7-5-6-8-10-12-14-18(17)19/h16-20H,3-15H2,1-2H3. The Kier molecular flexibility index (Phi) is 7.41. The van der Waals surface area contributed by atoms with Crippen molar-refractivity contribution in [1.29, 1.82) is 0 Å². The van der Waals surface area contributed by atoms with Crippen molar-refractivity contribution in [3.05, 3.63) is 0 Å². The highest BCUT2D eigenvalue weighted by molar-refractivity contribution is 5.00. The van der Waals surface area contributed by atoms with Gasteiger partial charge >= 0.3 is 0 Å². The van der Waals surface area contributed by atoms with Crippen molar-refractivity contribution >= 4 is 0 Å². The Balaban J connectivity index is 1.89. The lowest BCUT2D eigenvalue weighted by molar-refractivity contribution is -0.00521. The van der Waals surface area contributed by atoms with E-state index >= 15 is 0 Å². The smallest absolute Gasteiger partial charge is 0.0129 e. The molecule has 0 heterocycles. The van der Waals surface area contributed by atoms with E-state index in [1.54, 1.807) is 0 Å². The minimum absolute atomic E-state index is 0.855. The molecule has 118 valence electrons. The highest BCUT2D eigenvalue weighted by atomic mass is 15.0. The van der Waals surface area contributed by atoms with Gasteiger partial charge in [-0.25, -0.2) is 0 Å². The van der Waals surface area contributed by atoms with E-state index in [1.807, 2.05) is 0 Å². The Hall–Kier alpha value is -0.0400. The molecule has 0 aromatic heterocycles. The Morgan fingerprint density at radius 1 is 0.750 bits per heavy atom. The summed E-state index contributed by atoms with van der Waals surface area (Å²) in [6.45, 7) is 5.94. The molecule has 2 rings (SSSR count). The van der Waals surface area contributed by atoms with Crippen molar-refractivity contribution in [2.75, 3.05) is 6.54 Å². The molecule has 1 nitrogen and oxygen atoms in total. The van der Waals surface area contributed by atoms with Crippen LogP contribution >= 0.6 is 0 Å². The molecule has 2 saturated carbocycles. The Labute approximate surface area is 127 Å². The monoisotopic (exact) mass is 279 g/mol. The van der Waals surface area contributed by atoms with Crippen LogP contribution in [0.5, 0.6) is 0 Å². The lowest BCUT2D eigenvalue weighted by Crippen LogP contribution is -2.58. The maximum Gasteiger partial charge on any atom is 0.0129 e. The van der Waals surface area contributed by atoms with Crippen molar-refractivity contribution < 1.29 is 0 Å². The molecule has 2 aliphatic carbocycles. The molecule has 20 heavy (non-hydrogen) atoms. The zero-order chi connectivity index (χ0) is 14.2. The average Bonchev–Trinajstić information content (AvgIpc) is 2.44. The SMILES string of the molecule is CCCNC1C(CC)C2CCCCCCCCCCC21. The molecule has 2 fully saturated rings. The van der Waals surface area contributed by atoms with Crippen LogP contribution in [-0.2, 0) is 0 Å². The first kappa shape index (κ1) is 16.3. The summed E-state index contributed by atoms with van der Waals surface area (Å²) >= 11 is 0. The second-order valence-corrected chi connectivity index (χ2v) is 7.29. The van der Waals surface area contributed by atoms with Gasteiger partial charge in [-0.15, -0.1) is 0 Å². The van der Waals surface area contributed by atoms with Crippen LogP contribution < -0.4 is 5.32 Å². The van der Waals surface area contributed by atoms with Crippen molar-refractivity contribution in [2.24, 2.45) is 17.8 Å². The molecule has 0 aromatic carbocycles. The summed E-state index contributed by atoms with van der Waals surface area (Å²) in [6, 6.07) is 0.855. The van der Waals surface area contributed by atoms with E-state index < -0.39 is 0 Å². The fraction of sp³-hybridized carbons (Fsp3) is 1.00. The summed E-state index contributed by atoms with van der Waals surface area (Å²) in [7, 11) is 0. The van der Waals surface area contributed by atoms with E-state index in [0.717, 1.165) is 23.8 Å². The quantitative estimate of drug-likeness (QED) is 0.712. The predicted octanol–water partition coefficient (Wildman–Crippen LogP) is 5.54. The Morgan fingerprint density at radius 2 is 1.30 bits per heavy atom. The summed E-state index contributed by atoms with van der Waals surface area (Å²) in [5, 5.41) is 3.88. The van der Waals surface area contributed by atoms with Crippen molar-refractivity contribution in [2.45, 2.75) is 96.9 Å². The van der Waals surface area contributed by atoms with Gasteiger partial charge < -0.3 is 5.32 Å². The average molecular weight is 280 g/mol. The first-order valence-corrected chi connectivity index (χ1v) is 9.61. The van der Waals surface area contributed by atoms with Gasteiger partial charge in [0.25, 0.3) is 0 Å². The molecule has 4 unspecified atom stereocenters. The number of nitrogens with one attached hydrogen (secondary N) is 1. The van der Waals surface area contributed by atoms with Gasteiger partial charge in [0.05, 0.1) is 0 Å². The second kappa shape index (κ2) is 9.07. The van der Waals surface area contributed by atoms with Crippen molar-refractivity contribution in [3.63, 3.8) is 0 Å². The molecule has 0 spiro atoms. The van der Waals surface area contributed by atoms with E-state index in [9.17, 15) is 0 Å². The summed E-state index contributed by atoms with van der Waals surface area (Å²) in [6.07, 6.45) is 17.6. The summed E-state index contributed by atoms with van der Waals surface area (Å²) in [4.78, 5) is 0. The molecule has 0 bridgehead atoms. The largest absolute Gasteiger partial charge is 0.313 e. The van der Waals surface area contributed by atoms with E-state index in [0.29, 0.717) is 0 Å². The summed E-state index contributed by atoms with van der Waals surface area (Å²) in [5.74, 6) is 3.04. The van der Waals surface area contributed by atoms with E-state index in [1.165, 1.54) is 83.6 Å². The van der Waals surface area contributed by atoms with Crippen LogP contribution in [0.2, 0.25) is 0 Å². The van der Waals surface area contributed by atoms with Gasteiger partial charge in [0.1, 0.15) is 0 Å². The van der Waals surface area contributed by atoms with Gasteiger partial charge in [0.2, 0.25) is 0 Å². The predicted molar refractivity (Wildman–Crippen MR) is 89.0 cm³/mol. The van der Waals surface area contributed by atoms with Crippen molar-refractivity contribution in [1.82, 2.24) is 5.32 Å². The van der Waals surface area contributed by atoms with E-state index in [2.05, 4.69) is 19.2 Å². The van der Waals surface area contributed by atoms with Crippen LogP contribution in [0, 0.1) is 17.8 Å². The van der Waals surface area contributed by atoms with Crippen LogP contribution in [-0.4, -0.2) is 12.6 Å². The first-order chi connectivity index (χ1) is 9.88. The highest BCUT2D eigenvalue weighted by Crippen LogP contribution is 2.48. The molecule has 0 radical (unpaired) electrons. The van der Waals surface area contributed by atoms with Crippen LogP contribution in [0.3, 0.4) is 0 Å². The van der Waals surface area contributed by atoms with Gasteiger partial charge in [-0.1, -0.05) is 71.6 Å². The normalized spacial score (nSPS) is 36.3. The fourth-order valence-corrected chi connectivity index (χ4v) is 4.84. The maximum absolute atomic E-state index is 3.88. The van der Waals surface area contributed by atoms with Gasteiger partial charge in [-0.2, -0.15) is 0 Å². The summed E-state index contributed by atoms with van der Waals surface area (Å²) < 4.78 is 0. The topological polar surface area (TPSA) is 12.0 Å². The molecule has 0 saturated heterocycles. The second-order valence-electron chi connectivity index (χ2n) is 7.29. The molecular weight excluding hydrogens is 242 g/mol. The molecule has 0 aliphatic heterocycles. The lowest BCUT2D eigenvalue weighted by Gasteiger charge is -2.53. The minimum Gasteiger partial charge on any atom is -0.313 e. The lowest BCUT2D eigenvalue weighted by atomic mass is 9.56. The third kappa shape index (κ3) is 4.23. The van der Waals surface area contributed by atoms with Crippen LogP contribution in [0.1, 0.15) is 90.9 Å². The maximum atomic E-state index is 3.88. The molecule has 4 atom stereocenters. The molecule has 1 N–H and O–H groups in total. The van der Waals surface area contributed by atoms with Crippen LogP contribution in [0.25, 0.3) is 0 Å². The molecule has 0 aromatic rings. The molecule has 2 aliphatic rings. The van der Waals surface area contributed by atoms with Gasteiger partial charge in [-0.3, -0.25) is 0 Å². The fourth-order valence-electron chi connectivity index (χ4n) is 4.84. The molecular formula is C19H37N. The first-order valence-electron chi connectivity index (χ1n) is 9.61. The third-order valence-corrected chi connectivity index (χ3v) is 5.95. The number of hydrogen-bond acceptors (Lipinski definition) is 1. The zero-order valence-electron chi connectivity index (χ0n) is 14.0. The van der Waals surface area contributed by atoms with E-state index in [-0.39, 0.29) is 0 Å². The third-order valence-electron chi connectivity index (χ3n) is 5.95. The zero-order valence-corrected chi connectivity index (χ0v) is 14.0. The molecule has 0 amide bonds. The van der Waals surface area contributed by atoms with Gasteiger partial charge in [0.15, 0.2) is 0 Å². The number of fused-ring (bicyclic) bond motifs is 1. The summed E-state index contributed by atoms with van der Waals surface area (Å²) in [5.41, 5.74) is 0. The van der Waals surface area contributed by atoms with Crippen LogP contribution in [0.4, 0.5) is 0 Å². The van der Waals surface area contributed by atoms with Crippen LogP contribution in [0.15, 0.2) is 0 Å². The van der Waals surface area contributed by atoms with Gasteiger partial charge in [0, 0.05) is 6.04 Å².